The molecule has 2 aromatic rings. The van der Waals surface area contributed by atoms with Gasteiger partial charge in [0, 0.05) is 6.42 Å². The van der Waals surface area contributed by atoms with Crippen molar-refractivity contribution >= 4 is 34.8 Å². The van der Waals surface area contributed by atoms with E-state index < -0.39 is 0 Å². The molecule has 0 unspecified atom stereocenters. The lowest BCUT2D eigenvalue weighted by Crippen LogP contribution is -2.35. The number of rotatable bonds is 2. The topological polar surface area (TPSA) is 33.2 Å². The van der Waals surface area contributed by atoms with Crippen LogP contribution in [0.5, 0.6) is 0 Å². The molecule has 1 aliphatic heterocycles. The van der Waals surface area contributed by atoms with Crippen LogP contribution < -0.4 is 4.90 Å². The molecule has 21 heavy (non-hydrogen) atoms. The quantitative estimate of drug-likeness (QED) is 0.782. The molecule has 0 radical (unpaired) electrons. The number of pyridine rings is 1. The maximum absolute atomic E-state index is 13.5. The average Bonchev–Trinajstić information content (AvgIpc) is 2.46. The van der Waals surface area contributed by atoms with E-state index in [9.17, 15) is 9.18 Å². The number of anilines is 1. The molecule has 1 aliphatic rings. The Morgan fingerprint density at radius 2 is 2.00 bits per heavy atom. The number of aryl methyl sites for hydroxylation is 1. The molecule has 2 heterocycles. The van der Waals surface area contributed by atoms with E-state index in [1.54, 1.807) is 18.2 Å². The first kappa shape index (κ1) is 14.3. The lowest BCUT2D eigenvalue weighted by Gasteiger charge is -2.29. The highest BCUT2D eigenvalue weighted by atomic mass is 35.5. The molecule has 1 aromatic heterocycles. The number of amides is 1. The fourth-order valence-electron chi connectivity index (χ4n) is 2.40. The Kier molecular flexibility index (Phi) is 3.83. The normalized spacial score (nSPS) is 14.2. The van der Waals surface area contributed by atoms with E-state index >= 15 is 0 Å². The Morgan fingerprint density at radius 1 is 1.19 bits per heavy atom. The number of fused-ring (bicyclic) bond motifs is 1. The number of carbonyl (C=O) groups excluding carboxylic acids is 1. The van der Waals surface area contributed by atoms with Crippen molar-refractivity contribution < 1.29 is 9.18 Å². The summed E-state index contributed by atoms with van der Waals surface area (Å²) in [5.41, 5.74) is 2.01. The number of hydrogen-bond donors (Lipinski definition) is 0. The van der Waals surface area contributed by atoms with E-state index in [0.717, 1.165) is 5.56 Å². The van der Waals surface area contributed by atoms with Crippen LogP contribution in [0, 0.1) is 5.82 Å². The summed E-state index contributed by atoms with van der Waals surface area (Å²) in [6, 6.07) is 7.69. The Morgan fingerprint density at radius 3 is 2.81 bits per heavy atom. The van der Waals surface area contributed by atoms with Crippen LogP contribution in [0.1, 0.15) is 17.7 Å². The molecule has 0 atom stereocenters. The fraction of sp³-hybridized carbons (Fsp3) is 0.200. The van der Waals surface area contributed by atoms with Gasteiger partial charge in [-0.15, -0.1) is 0 Å². The van der Waals surface area contributed by atoms with Crippen molar-refractivity contribution in [2.75, 3.05) is 4.90 Å². The predicted octanol–water partition coefficient (Wildman–Crippen LogP) is 4.01. The first-order valence-corrected chi connectivity index (χ1v) is 7.20. The van der Waals surface area contributed by atoms with Crippen LogP contribution >= 0.6 is 23.2 Å². The van der Waals surface area contributed by atoms with Gasteiger partial charge in [-0.25, -0.2) is 9.37 Å². The van der Waals surface area contributed by atoms with Crippen molar-refractivity contribution in [3.63, 3.8) is 0 Å². The van der Waals surface area contributed by atoms with Crippen LogP contribution in [-0.4, -0.2) is 10.9 Å². The molecule has 3 rings (SSSR count). The third kappa shape index (κ3) is 2.87. The minimum Gasteiger partial charge on any atom is -0.306 e. The minimum atomic E-state index is -0.376. The van der Waals surface area contributed by atoms with Gasteiger partial charge in [0.2, 0.25) is 5.91 Å². The monoisotopic (exact) mass is 324 g/mol. The molecule has 0 fully saturated rings. The van der Waals surface area contributed by atoms with Gasteiger partial charge < -0.3 is 4.90 Å². The fourth-order valence-corrected chi connectivity index (χ4v) is 2.73. The van der Waals surface area contributed by atoms with Crippen LogP contribution in [-0.2, 0) is 17.8 Å². The zero-order valence-corrected chi connectivity index (χ0v) is 12.5. The zero-order chi connectivity index (χ0) is 15.0. The number of nitrogens with zero attached hydrogens (tertiary/aromatic N) is 2. The third-order valence-electron chi connectivity index (χ3n) is 3.44. The summed E-state index contributed by atoms with van der Waals surface area (Å²) in [7, 11) is 0. The Labute approximate surface area is 131 Å². The second-order valence-corrected chi connectivity index (χ2v) is 5.61. The molecule has 0 N–H and O–H groups in total. The number of carbonyl (C=O) groups is 1. The summed E-state index contributed by atoms with van der Waals surface area (Å²) in [6.07, 6.45) is 0.998. The van der Waals surface area contributed by atoms with Crippen molar-refractivity contribution in [3.8, 4) is 0 Å². The van der Waals surface area contributed by atoms with Crippen molar-refractivity contribution in [1.82, 2.24) is 4.98 Å². The van der Waals surface area contributed by atoms with Gasteiger partial charge >= 0.3 is 0 Å². The molecule has 1 aromatic carbocycles. The van der Waals surface area contributed by atoms with Crippen LogP contribution in [0.3, 0.4) is 0 Å². The third-order valence-corrected chi connectivity index (χ3v) is 3.99. The summed E-state index contributed by atoms with van der Waals surface area (Å²) in [6.45, 7) is 0.175. The minimum absolute atomic E-state index is 0.0778. The van der Waals surface area contributed by atoms with E-state index in [-0.39, 0.29) is 18.3 Å². The second-order valence-electron chi connectivity index (χ2n) is 4.82. The molecule has 1 amide bonds. The maximum Gasteiger partial charge on any atom is 0.227 e. The first-order chi connectivity index (χ1) is 10.0. The predicted molar refractivity (Wildman–Crippen MR) is 80.2 cm³/mol. The summed E-state index contributed by atoms with van der Waals surface area (Å²) in [5.74, 6) is -0.454. The molecular weight excluding hydrogens is 314 g/mol. The Balaban J connectivity index is 2.00. The van der Waals surface area contributed by atoms with E-state index in [4.69, 9.17) is 23.2 Å². The molecule has 0 aliphatic carbocycles. The van der Waals surface area contributed by atoms with Gasteiger partial charge in [0.25, 0.3) is 0 Å². The largest absolute Gasteiger partial charge is 0.306 e. The van der Waals surface area contributed by atoms with Crippen molar-refractivity contribution in [3.05, 3.63) is 57.6 Å². The Hall–Kier alpha value is -1.65. The number of hydrogen-bond acceptors (Lipinski definition) is 2. The van der Waals surface area contributed by atoms with Gasteiger partial charge in [-0.2, -0.15) is 0 Å². The molecular formula is C15H11Cl2FN2O. The highest BCUT2D eigenvalue weighted by Crippen LogP contribution is 2.31. The first-order valence-electron chi connectivity index (χ1n) is 6.44. The summed E-state index contributed by atoms with van der Waals surface area (Å²) in [5, 5.41) is 0.731. The zero-order valence-electron chi connectivity index (χ0n) is 10.9. The van der Waals surface area contributed by atoms with Gasteiger partial charge in [0.05, 0.1) is 22.9 Å². The van der Waals surface area contributed by atoms with E-state index in [1.807, 2.05) is 0 Å². The van der Waals surface area contributed by atoms with Gasteiger partial charge in [-0.3, -0.25) is 4.79 Å². The van der Waals surface area contributed by atoms with Crippen LogP contribution in [0.2, 0.25) is 10.2 Å². The molecule has 0 spiro atoms. The average molecular weight is 325 g/mol. The molecule has 6 heteroatoms. The SMILES string of the molecule is O=C1CCc2ccc(F)cc2N1Cc1nc(Cl)ccc1Cl. The van der Waals surface area contributed by atoms with E-state index in [0.29, 0.717) is 34.4 Å². The van der Waals surface area contributed by atoms with Gasteiger partial charge in [0.15, 0.2) is 0 Å². The maximum atomic E-state index is 13.5. The number of benzene rings is 1. The van der Waals surface area contributed by atoms with Gasteiger partial charge in [-0.1, -0.05) is 29.3 Å². The number of halogens is 3. The second kappa shape index (κ2) is 5.62. The van der Waals surface area contributed by atoms with E-state index in [2.05, 4.69) is 4.98 Å². The van der Waals surface area contributed by atoms with Crippen LogP contribution in [0.25, 0.3) is 0 Å². The summed E-state index contributed by atoms with van der Waals surface area (Å²) >= 11 is 12.0. The molecule has 0 saturated heterocycles. The lowest BCUT2D eigenvalue weighted by molar-refractivity contribution is -0.119. The van der Waals surface area contributed by atoms with Crippen LogP contribution in [0.4, 0.5) is 10.1 Å². The molecule has 0 saturated carbocycles. The van der Waals surface area contributed by atoms with Crippen molar-refractivity contribution in [2.24, 2.45) is 0 Å². The molecule has 108 valence electrons. The molecule has 3 nitrogen and oxygen atoms in total. The van der Waals surface area contributed by atoms with Crippen LogP contribution in [0.15, 0.2) is 30.3 Å². The number of aromatic nitrogens is 1. The molecule has 0 bridgehead atoms. The summed E-state index contributed by atoms with van der Waals surface area (Å²) < 4.78 is 13.5. The highest BCUT2D eigenvalue weighted by Gasteiger charge is 2.25. The van der Waals surface area contributed by atoms with E-state index in [1.165, 1.54) is 17.0 Å². The van der Waals surface area contributed by atoms with Gasteiger partial charge in [-0.05, 0) is 36.2 Å². The summed E-state index contributed by atoms with van der Waals surface area (Å²) in [4.78, 5) is 17.8. The highest BCUT2D eigenvalue weighted by molar-refractivity contribution is 6.32. The van der Waals surface area contributed by atoms with Gasteiger partial charge in [0.1, 0.15) is 11.0 Å². The smallest absolute Gasteiger partial charge is 0.227 e. The standard InChI is InChI=1S/C15H11Cl2FN2O/c16-11-4-5-14(17)19-12(11)8-20-13-7-10(18)3-1-9(13)2-6-15(20)21/h1,3-5,7H,2,6,8H2. The van der Waals surface area contributed by atoms with Crippen molar-refractivity contribution in [1.29, 1.82) is 0 Å². The lowest BCUT2D eigenvalue weighted by atomic mass is 10.0. The van der Waals surface area contributed by atoms with Crippen molar-refractivity contribution in [2.45, 2.75) is 19.4 Å². The Bertz CT molecular complexity index is 721.